The van der Waals surface area contributed by atoms with Crippen LogP contribution in [0.25, 0.3) is 0 Å². The van der Waals surface area contributed by atoms with Crippen molar-refractivity contribution >= 4 is 27.5 Å². The Hall–Kier alpha value is -0.830. The summed E-state index contributed by atoms with van der Waals surface area (Å²) < 4.78 is 1.04. The number of nitrogens with zero attached hydrogens (tertiary/aromatic N) is 1. The topological polar surface area (TPSA) is 20.3 Å². The van der Waals surface area contributed by atoms with Crippen LogP contribution in [0.1, 0.15) is 20.3 Å². The zero-order valence-corrected chi connectivity index (χ0v) is 10.5. The average molecular weight is 268 g/mol. The Kier molecular flexibility index (Phi) is 2.59. The summed E-state index contributed by atoms with van der Waals surface area (Å²) in [7, 11) is 0. The Morgan fingerprint density at radius 2 is 1.87 bits per heavy atom. The van der Waals surface area contributed by atoms with E-state index in [-0.39, 0.29) is 11.3 Å². The summed E-state index contributed by atoms with van der Waals surface area (Å²) in [5, 5.41) is 0. The van der Waals surface area contributed by atoms with Crippen molar-refractivity contribution < 1.29 is 4.79 Å². The van der Waals surface area contributed by atoms with E-state index in [4.69, 9.17) is 0 Å². The van der Waals surface area contributed by atoms with Gasteiger partial charge in [0.15, 0.2) is 0 Å². The Bertz CT molecular complexity index is 383. The van der Waals surface area contributed by atoms with Gasteiger partial charge in [0.25, 0.3) is 0 Å². The fraction of sp³-hybridized carbons (Fsp3) is 0.417. The Balaban J connectivity index is 2.25. The zero-order chi connectivity index (χ0) is 11.1. The number of hydrogen-bond donors (Lipinski definition) is 0. The van der Waals surface area contributed by atoms with Gasteiger partial charge in [0.2, 0.25) is 5.91 Å². The van der Waals surface area contributed by atoms with E-state index in [0.717, 1.165) is 16.7 Å². The van der Waals surface area contributed by atoms with Crippen LogP contribution >= 0.6 is 15.9 Å². The van der Waals surface area contributed by atoms with Gasteiger partial charge in [-0.25, -0.2) is 0 Å². The summed E-state index contributed by atoms with van der Waals surface area (Å²) >= 11 is 3.39. The molecule has 0 aliphatic carbocycles. The summed E-state index contributed by atoms with van der Waals surface area (Å²) in [6.07, 6.45) is 0.642. The third-order valence-electron chi connectivity index (χ3n) is 2.66. The van der Waals surface area contributed by atoms with Crippen LogP contribution < -0.4 is 4.90 Å². The van der Waals surface area contributed by atoms with E-state index < -0.39 is 0 Å². The second-order valence-corrected chi connectivity index (χ2v) is 5.71. The van der Waals surface area contributed by atoms with Crippen LogP contribution in [0, 0.1) is 5.41 Å². The number of anilines is 1. The van der Waals surface area contributed by atoms with E-state index in [1.54, 1.807) is 0 Å². The fourth-order valence-electron chi connectivity index (χ4n) is 1.93. The van der Waals surface area contributed by atoms with Crippen LogP contribution in [0.3, 0.4) is 0 Å². The van der Waals surface area contributed by atoms with Crippen LogP contribution in [0.4, 0.5) is 5.69 Å². The molecule has 1 aliphatic heterocycles. The Morgan fingerprint density at radius 1 is 1.27 bits per heavy atom. The molecule has 0 atom stereocenters. The van der Waals surface area contributed by atoms with Gasteiger partial charge in [-0.2, -0.15) is 0 Å². The van der Waals surface area contributed by atoms with Crippen LogP contribution in [0.2, 0.25) is 0 Å². The number of benzene rings is 1. The predicted octanol–water partition coefficient (Wildman–Crippen LogP) is 3.21. The molecule has 3 heteroatoms. The smallest absolute Gasteiger partial charge is 0.227 e. The normalized spacial score (nSPS) is 19.7. The highest BCUT2D eigenvalue weighted by molar-refractivity contribution is 9.10. The van der Waals surface area contributed by atoms with E-state index in [0.29, 0.717) is 6.42 Å². The monoisotopic (exact) mass is 267 g/mol. The number of rotatable bonds is 1. The van der Waals surface area contributed by atoms with E-state index >= 15 is 0 Å². The Labute approximate surface area is 98.4 Å². The van der Waals surface area contributed by atoms with Gasteiger partial charge in [0, 0.05) is 23.1 Å². The molecule has 1 saturated heterocycles. The molecule has 0 spiro atoms. The lowest BCUT2D eigenvalue weighted by molar-refractivity contribution is -0.117. The molecule has 2 rings (SSSR count). The minimum Gasteiger partial charge on any atom is -0.312 e. The SMILES string of the molecule is CC1(C)CC(=O)N(c2ccc(Br)cc2)C1. The number of carbonyl (C=O) groups excluding carboxylic acids is 1. The third kappa shape index (κ3) is 2.23. The third-order valence-corrected chi connectivity index (χ3v) is 3.18. The van der Waals surface area contributed by atoms with Crippen LogP contribution in [0.15, 0.2) is 28.7 Å². The van der Waals surface area contributed by atoms with Gasteiger partial charge >= 0.3 is 0 Å². The standard InChI is InChI=1S/C12H14BrNO/c1-12(2)7-11(15)14(8-12)10-5-3-9(13)4-6-10/h3-6H,7-8H2,1-2H3. The second-order valence-electron chi connectivity index (χ2n) is 4.80. The molecule has 80 valence electrons. The molecule has 2 nitrogen and oxygen atoms in total. The van der Waals surface area contributed by atoms with Crippen LogP contribution in [-0.4, -0.2) is 12.5 Å². The molecule has 1 fully saturated rings. The van der Waals surface area contributed by atoms with Gasteiger partial charge in [-0.15, -0.1) is 0 Å². The molecule has 0 N–H and O–H groups in total. The lowest BCUT2D eigenvalue weighted by atomic mass is 9.93. The number of carbonyl (C=O) groups is 1. The number of amides is 1. The summed E-state index contributed by atoms with van der Waals surface area (Å²) in [5.41, 5.74) is 1.10. The minimum absolute atomic E-state index is 0.101. The molecule has 1 amide bonds. The molecular weight excluding hydrogens is 254 g/mol. The van der Waals surface area contributed by atoms with Crippen molar-refractivity contribution in [3.63, 3.8) is 0 Å². The average Bonchev–Trinajstić information content (AvgIpc) is 2.41. The number of halogens is 1. The molecule has 0 aromatic heterocycles. The van der Waals surface area contributed by atoms with E-state index in [1.807, 2.05) is 29.2 Å². The molecule has 1 heterocycles. The molecule has 0 unspecified atom stereocenters. The van der Waals surface area contributed by atoms with Crippen LogP contribution in [-0.2, 0) is 4.79 Å². The van der Waals surface area contributed by atoms with Crippen molar-refractivity contribution in [2.24, 2.45) is 5.41 Å². The van der Waals surface area contributed by atoms with Gasteiger partial charge in [-0.1, -0.05) is 29.8 Å². The minimum atomic E-state index is 0.101. The van der Waals surface area contributed by atoms with Gasteiger partial charge in [0.05, 0.1) is 0 Å². The first kappa shape index (κ1) is 10.7. The van der Waals surface area contributed by atoms with E-state index in [2.05, 4.69) is 29.8 Å². The van der Waals surface area contributed by atoms with Gasteiger partial charge in [-0.3, -0.25) is 4.79 Å². The lowest BCUT2D eigenvalue weighted by Gasteiger charge is -2.19. The first-order valence-electron chi connectivity index (χ1n) is 5.04. The highest BCUT2D eigenvalue weighted by atomic mass is 79.9. The largest absolute Gasteiger partial charge is 0.312 e. The molecule has 0 saturated carbocycles. The zero-order valence-electron chi connectivity index (χ0n) is 8.96. The highest BCUT2D eigenvalue weighted by Crippen LogP contribution is 2.33. The van der Waals surface area contributed by atoms with E-state index in [9.17, 15) is 4.79 Å². The maximum absolute atomic E-state index is 11.8. The molecule has 0 bridgehead atoms. The van der Waals surface area contributed by atoms with Crippen molar-refractivity contribution in [3.8, 4) is 0 Å². The lowest BCUT2D eigenvalue weighted by Crippen LogP contribution is -2.25. The van der Waals surface area contributed by atoms with Gasteiger partial charge < -0.3 is 4.90 Å². The van der Waals surface area contributed by atoms with Crippen molar-refractivity contribution in [1.82, 2.24) is 0 Å². The molecule has 15 heavy (non-hydrogen) atoms. The summed E-state index contributed by atoms with van der Waals surface area (Å²) in [6.45, 7) is 5.07. The van der Waals surface area contributed by atoms with Crippen molar-refractivity contribution in [3.05, 3.63) is 28.7 Å². The first-order chi connectivity index (χ1) is 6.98. The number of hydrogen-bond acceptors (Lipinski definition) is 1. The van der Waals surface area contributed by atoms with Crippen molar-refractivity contribution in [2.45, 2.75) is 20.3 Å². The molecular formula is C12H14BrNO. The van der Waals surface area contributed by atoms with Crippen LogP contribution in [0.5, 0.6) is 0 Å². The van der Waals surface area contributed by atoms with Gasteiger partial charge in [-0.05, 0) is 29.7 Å². The summed E-state index contributed by atoms with van der Waals surface area (Å²) in [6, 6.07) is 7.88. The molecule has 1 aromatic rings. The van der Waals surface area contributed by atoms with E-state index in [1.165, 1.54) is 0 Å². The van der Waals surface area contributed by atoms with Crippen molar-refractivity contribution in [1.29, 1.82) is 0 Å². The fourth-order valence-corrected chi connectivity index (χ4v) is 2.20. The second kappa shape index (κ2) is 3.63. The quantitative estimate of drug-likeness (QED) is 0.765. The first-order valence-corrected chi connectivity index (χ1v) is 5.83. The molecule has 0 radical (unpaired) electrons. The summed E-state index contributed by atoms with van der Waals surface area (Å²) in [4.78, 5) is 13.7. The van der Waals surface area contributed by atoms with Gasteiger partial charge in [0.1, 0.15) is 0 Å². The van der Waals surface area contributed by atoms with Crippen molar-refractivity contribution in [2.75, 3.05) is 11.4 Å². The summed E-state index contributed by atoms with van der Waals surface area (Å²) in [5.74, 6) is 0.224. The molecule has 1 aromatic carbocycles. The molecule has 1 aliphatic rings. The maximum atomic E-state index is 11.8. The Morgan fingerprint density at radius 3 is 2.33 bits per heavy atom. The highest BCUT2D eigenvalue weighted by Gasteiger charge is 2.36. The maximum Gasteiger partial charge on any atom is 0.227 e. The predicted molar refractivity (Wildman–Crippen MR) is 64.9 cm³/mol.